The van der Waals surface area contributed by atoms with Crippen LogP contribution in [0, 0.1) is 11.3 Å². The molecule has 14 heteroatoms. The Hall–Kier alpha value is -2.14. The van der Waals surface area contributed by atoms with Crippen LogP contribution in [0.2, 0.25) is 0 Å². The molecule has 254 valence electrons. The fourth-order valence-electron chi connectivity index (χ4n) is 5.54. The van der Waals surface area contributed by atoms with Crippen molar-refractivity contribution in [2.75, 3.05) is 38.5 Å². The minimum atomic E-state index is -3.97. The fraction of sp³-hybridized carbons (Fsp3) is 0.774. The summed E-state index contributed by atoms with van der Waals surface area (Å²) in [4.78, 5) is 14.2. The highest BCUT2D eigenvalue weighted by molar-refractivity contribution is 7.52. The molecule has 45 heavy (non-hydrogen) atoms. The van der Waals surface area contributed by atoms with E-state index in [1.807, 2.05) is 6.07 Å². The quantitative estimate of drug-likeness (QED) is 0.0686. The van der Waals surface area contributed by atoms with Crippen molar-refractivity contribution in [3.63, 3.8) is 0 Å². The fourth-order valence-corrected chi connectivity index (χ4v) is 6.67. The average Bonchev–Trinajstić information content (AvgIpc) is 3.57. The first-order valence-corrected chi connectivity index (χ1v) is 18.2. The van der Waals surface area contributed by atoms with Gasteiger partial charge in [-0.05, 0) is 31.4 Å². The van der Waals surface area contributed by atoms with Crippen LogP contribution in [-0.2, 0) is 28.9 Å². The van der Waals surface area contributed by atoms with E-state index in [-0.39, 0.29) is 17.7 Å². The Morgan fingerprint density at radius 3 is 2.22 bits per heavy atom. The van der Waals surface area contributed by atoms with Gasteiger partial charge in [0.2, 0.25) is 5.60 Å². The lowest BCUT2D eigenvalue weighted by Gasteiger charge is -2.24. The molecule has 0 bridgehead atoms. The van der Waals surface area contributed by atoms with Crippen LogP contribution in [0.5, 0.6) is 0 Å². The van der Waals surface area contributed by atoms with Crippen LogP contribution in [-0.4, -0.2) is 80.8 Å². The van der Waals surface area contributed by atoms with E-state index < -0.39 is 38.1 Å². The van der Waals surface area contributed by atoms with E-state index in [0.717, 1.165) is 45.1 Å². The topological polar surface area (TPSA) is 195 Å². The number of nitrogens with zero attached hydrogens (tertiary/aromatic N) is 4. The third kappa shape index (κ3) is 11.3. The number of anilines is 1. The van der Waals surface area contributed by atoms with E-state index in [0.29, 0.717) is 25.3 Å². The molecular formula is C31H52N5O8P. The number of fused-ring (bicyclic) bond motifs is 1. The summed E-state index contributed by atoms with van der Waals surface area (Å²) in [5.41, 5.74) is 4.41. The lowest BCUT2D eigenvalue weighted by molar-refractivity contribution is -0.0619. The Morgan fingerprint density at radius 1 is 1.00 bits per heavy atom. The summed E-state index contributed by atoms with van der Waals surface area (Å²) in [5.74, 6) is 0.164. The molecule has 3 heterocycles. The van der Waals surface area contributed by atoms with Crippen molar-refractivity contribution in [1.29, 1.82) is 5.26 Å². The predicted molar refractivity (Wildman–Crippen MR) is 169 cm³/mol. The largest absolute Gasteiger partial charge is 0.387 e. The summed E-state index contributed by atoms with van der Waals surface area (Å²) in [6, 6.07) is 5.00. The summed E-state index contributed by atoms with van der Waals surface area (Å²) >= 11 is 0. The van der Waals surface area contributed by atoms with Crippen molar-refractivity contribution in [3.05, 3.63) is 24.2 Å². The Morgan fingerprint density at radius 2 is 1.60 bits per heavy atom. The summed E-state index contributed by atoms with van der Waals surface area (Å²) in [6.07, 6.45) is 12.1. The van der Waals surface area contributed by atoms with Gasteiger partial charge < -0.3 is 39.6 Å². The van der Waals surface area contributed by atoms with Crippen LogP contribution < -0.4 is 5.73 Å². The molecule has 1 aliphatic heterocycles. The van der Waals surface area contributed by atoms with Crippen molar-refractivity contribution < 1.29 is 38.4 Å². The minimum Gasteiger partial charge on any atom is -0.387 e. The maximum Gasteiger partial charge on any atom is 0.328 e. The predicted octanol–water partition coefficient (Wildman–Crippen LogP) is 4.82. The summed E-state index contributed by atoms with van der Waals surface area (Å²) < 4.78 is 36.1. The number of rotatable bonds is 24. The van der Waals surface area contributed by atoms with Gasteiger partial charge in [-0.25, -0.2) is 9.50 Å². The number of aromatic nitrogens is 3. The molecule has 2 aromatic rings. The average molecular weight is 654 g/mol. The lowest BCUT2D eigenvalue weighted by atomic mass is 9.92. The maximum atomic E-state index is 12.6. The van der Waals surface area contributed by atoms with E-state index in [4.69, 9.17) is 24.5 Å². The third-order valence-corrected chi connectivity index (χ3v) is 9.65. The molecule has 1 aliphatic rings. The number of hydrogen-bond acceptors (Lipinski definition) is 11. The first kappa shape index (κ1) is 37.3. The number of nitrogens with two attached hydrogens (primary N) is 1. The maximum absolute atomic E-state index is 12.6. The summed E-state index contributed by atoms with van der Waals surface area (Å²) in [5, 5.41) is 35.5. The van der Waals surface area contributed by atoms with Crippen molar-refractivity contribution in [3.8, 4) is 6.07 Å². The van der Waals surface area contributed by atoms with Gasteiger partial charge in [0.25, 0.3) is 0 Å². The van der Waals surface area contributed by atoms with E-state index in [1.165, 1.54) is 61.9 Å². The number of nitrogen functional groups attached to an aromatic ring is 1. The zero-order valence-electron chi connectivity index (χ0n) is 26.6. The molecule has 0 spiro atoms. The zero-order chi connectivity index (χ0) is 32.5. The number of nitriles is 1. The number of hydrogen-bond donors (Lipinski definition) is 4. The van der Waals surface area contributed by atoms with Gasteiger partial charge in [0.1, 0.15) is 43.0 Å². The van der Waals surface area contributed by atoms with Crippen molar-refractivity contribution in [1.82, 2.24) is 14.6 Å². The van der Waals surface area contributed by atoms with Crippen LogP contribution in [0.25, 0.3) is 5.52 Å². The number of ether oxygens (including phenoxy) is 3. The van der Waals surface area contributed by atoms with Gasteiger partial charge >= 0.3 is 7.60 Å². The molecule has 0 aliphatic carbocycles. The van der Waals surface area contributed by atoms with E-state index in [1.54, 1.807) is 6.07 Å². The van der Waals surface area contributed by atoms with Gasteiger partial charge in [-0.1, -0.05) is 77.6 Å². The van der Waals surface area contributed by atoms with Gasteiger partial charge in [-0.2, -0.15) is 10.4 Å². The SMILES string of the molecule is CCCCCCCCCCOCOCCCCCCCCP(=O)(O)OC[C@H]1O[C@@](C#N)(c2ccc3c(N)ncnn23)[C@@H](O)C1O. The Labute approximate surface area is 266 Å². The lowest BCUT2D eigenvalue weighted by Crippen LogP contribution is -2.41. The van der Waals surface area contributed by atoms with Crippen LogP contribution in [0.4, 0.5) is 5.82 Å². The third-order valence-electron chi connectivity index (χ3n) is 8.22. The molecule has 1 fully saturated rings. The highest BCUT2D eigenvalue weighted by Gasteiger charge is 2.57. The summed E-state index contributed by atoms with van der Waals surface area (Å²) in [6.45, 7) is 3.52. The number of aliphatic hydroxyl groups is 2. The monoisotopic (exact) mass is 653 g/mol. The van der Waals surface area contributed by atoms with Gasteiger partial charge in [0.05, 0.1) is 12.3 Å². The van der Waals surface area contributed by atoms with Gasteiger partial charge in [0, 0.05) is 19.4 Å². The molecule has 0 aromatic carbocycles. The molecule has 13 nitrogen and oxygen atoms in total. The van der Waals surface area contributed by atoms with E-state index in [2.05, 4.69) is 17.0 Å². The minimum absolute atomic E-state index is 0.0411. The molecule has 2 aromatic heterocycles. The van der Waals surface area contributed by atoms with Gasteiger partial charge in [0.15, 0.2) is 5.82 Å². The van der Waals surface area contributed by atoms with Crippen LogP contribution in [0.3, 0.4) is 0 Å². The highest BCUT2D eigenvalue weighted by atomic mass is 31.2. The second-order valence-corrected chi connectivity index (χ2v) is 13.8. The molecule has 2 unspecified atom stereocenters. The van der Waals surface area contributed by atoms with E-state index in [9.17, 15) is 24.9 Å². The molecule has 1 saturated heterocycles. The summed E-state index contributed by atoms with van der Waals surface area (Å²) in [7, 11) is -3.97. The second kappa shape index (κ2) is 19.5. The Kier molecular flexibility index (Phi) is 16.2. The molecule has 0 radical (unpaired) electrons. The first-order valence-electron chi connectivity index (χ1n) is 16.4. The van der Waals surface area contributed by atoms with Gasteiger partial charge in [-0.15, -0.1) is 0 Å². The van der Waals surface area contributed by atoms with Crippen LogP contribution in [0.1, 0.15) is 103 Å². The molecule has 5 N–H and O–H groups in total. The Bertz CT molecular complexity index is 1230. The highest BCUT2D eigenvalue weighted by Crippen LogP contribution is 2.46. The molecular weight excluding hydrogens is 601 g/mol. The molecule has 0 amide bonds. The zero-order valence-corrected chi connectivity index (χ0v) is 27.5. The Balaban J connectivity index is 1.23. The van der Waals surface area contributed by atoms with Crippen molar-refractivity contribution in [2.24, 2.45) is 0 Å². The molecule has 0 saturated carbocycles. The molecule has 5 atom stereocenters. The van der Waals surface area contributed by atoms with Crippen molar-refractivity contribution in [2.45, 2.75) is 121 Å². The van der Waals surface area contributed by atoms with Crippen LogP contribution in [0.15, 0.2) is 18.5 Å². The van der Waals surface area contributed by atoms with Crippen molar-refractivity contribution >= 4 is 18.9 Å². The molecule has 3 rings (SSSR count). The standard InChI is InChI=1S/C31H52N5O8P/c1-2-3-4-5-6-7-10-13-18-41-24-42-19-14-11-8-9-12-15-20-45(39,40)43-21-26-28(37)29(38)31(22-32,44-26)27-17-16-25-30(33)34-23-35-36(25)27/h16-17,23,26,28-29,37-38H,2-15,18-21,24H2,1H3,(H,39,40)(H2,33,34,35)/t26-,28?,29+,31+/m1/s1. The smallest absolute Gasteiger partial charge is 0.328 e. The van der Waals surface area contributed by atoms with Crippen LogP contribution >= 0.6 is 7.60 Å². The van der Waals surface area contributed by atoms with E-state index >= 15 is 0 Å². The van der Waals surface area contributed by atoms with Gasteiger partial charge in [-0.3, -0.25) is 4.57 Å². The first-order chi connectivity index (χ1) is 21.8. The second-order valence-electron chi connectivity index (χ2n) is 11.8. The number of unbranched alkanes of at least 4 members (excludes halogenated alkanes) is 12. The normalized spacial score (nSPS) is 23.0. The number of aliphatic hydroxyl groups excluding tert-OH is 2.